The number of nitrogens with zero attached hydrogens (tertiary/aromatic N) is 1. The van der Waals surface area contributed by atoms with E-state index in [1.807, 2.05) is 0 Å². The van der Waals surface area contributed by atoms with Crippen LogP contribution in [0.25, 0.3) is 0 Å². The third-order valence-corrected chi connectivity index (χ3v) is 8.51. The van der Waals surface area contributed by atoms with Crippen molar-refractivity contribution in [3.05, 3.63) is 71.3 Å². The fourth-order valence-corrected chi connectivity index (χ4v) is 6.97. The third-order valence-electron chi connectivity index (χ3n) is 6.89. The number of hydrogen-bond acceptors (Lipinski definition) is 7. The van der Waals surface area contributed by atoms with Crippen molar-refractivity contribution < 1.29 is 29.0 Å². The smallest absolute Gasteiger partial charge is 0.339 e. The topological polar surface area (TPSA) is 139 Å². The van der Waals surface area contributed by atoms with Gasteiger partial charge in [-0.15, -0.1) is 11.8 Å². The van der Waals surface area contributed by atoms with Crippen LogP contribution in [0.2, 0.25) is 0 Å². The number of fused-ring (bicyclic) bond motifs is 2. The van der Waals surface area contributed by atoms with Gasteiger partial charge in [0.15, 0.2) is 11.6 Å². The number of nitrogens with two attached hydrogens (primary N) is 1. The Hall–Kier alpha value is -3.37. The first-order valence-electron chi connectivity index (χ1n) is 10.8. The molecular weight excluding hydrogens is 458 g/mol. The molecule has 2 aromatic carbocycles. The van der Waals surface area contributed by atoms with E-state index in [9.17, 15) is 24.3 Å². The third kappa shape index (κ3) is 2.85. The van der Waals surface area contributed by atoms with E-state index in [0.717, 1.165) is 0 Å². The van der Waals surface area contributed by atoms with Crippen molar-refractivity contribution in [2.75, 3.05) is 0 Å². The highest BCUT2D eigenvalue weighted by molar-refractivity contribution is 8.01. The molecule has 5 atom stereocenters. The zero-order valence-electron chi connectivity index (χ0n) is 18.4. The highest BCUT2D eigenvalue weighted by Crippen LogP contribution is 2.62. The lowest BCUT2D eigenvalue weighted by molar-refractivity contribution is -0.182. The van der Waals surface area contributed by atoms with Gasteiger partial charge in [-0.25, -0.2) is 9.59 Å². The van der Waals surface area contributed by atoms with Crippen molar-refractivity contribution in [2.45, 2.75) is 47.7 Å². The molecule has 2 amide bonds. The SMILES string of the molecule is CC1(C)S[C@@H]2[C@H](NC(=O)C(N)c3ccccc3)C(=O)N2[C@]1(C(=O)O)C1OC(=O)c2ccccc21. The molecule has 3 aliphatic rings. The quantitative estimate of drug-likeness (QED) is 0.432. The number of hydrogen-bond donors (Lipinski definition) is 3. The molecule has 3 heterocycles. The Kier molecular flexibility index (Phi) is 4.99. The van der Waals surface area contributed by atoms with E-state index in [1.165, 1.54) is 16.7 Å². The van der Waals surface area contributed by atoms with E-state index >= 15 is 0 Å². The Morgan fingerprint density at radius 1 is 1.12 bits per heavy atom. The number of ether oxygens (including phenoxy) is 1. The van der Waals surface area contributed by atoms with Crippen LogP contribution in [0.3, 0.4) is 0 Å². The van der Waals surface area contributed by atoms with Crippen LogP contribution in [-0.4, -0.2) is 55.5 Å². The van der Waals surface area contributed by atoms with Crippen molar-refractivity contribution in [3.63, 3.8) is 0 Å². The highest BCUT2D eigenvalue weighted by Gasteiger charge is 2.77. The van der Waals surface area contributed by atoms with Gasteiger partial charge in [0.2, 0.25) is 11.8 Å². The summed E-state index contributed by atoms with van der Waals surface area (Å²) in [6.45, 7) is 3.42. The normalized spacial score (nSPS) is 29.5. The molecule has 2 fully saturated rings. The average Bonchev–Trinajstić information content (AvgIpc) is 3.27. The number of benzene rings is 2. The number of carbonyl (C=O) groups is 4. The Bertz CT molecular complexity index is 1220. The molecule has 2 unspecified atom stereocenters. The van der Waals surface area contributed by atoms with E-state index in [0.29, 0.717) is 11.1 Å². The molecule has 0 aromatic heterocycles. The van der Waals surface area contributed by atoms with Crippen LogP contribution >= 0.6 is 11.8 Å². The molecular formula is C24H23N3O6S. The molecule has 2 saturated heterocycles. The lowest BCUT2D eigenvalue weighted by atomic mass is 9.74. The molecule has 9 nitrogen and oxygen atoms in total. The summed E-state index contributed by atoms with van der Waals surface area (Å²) >= 11 is 1.25. The van der Waals surface area contributed by atoms with Crippen LogP contribution in [0, 0.1) is 0 Å². The average molecular weight is 482 g/mol. The van der Waals surface area contributed by atoms with Gasteiger partial charge < -0.3 is 25.8 Å². The number of amides is 2. The van der Waals surface area contributed by atoms with Gasteiger partial charge in [-0.1, -0.05) is 48.5 Å². The second kappa shape index (κ2) is 7.57. The molecule has 10 heteroatoms. The molecule has 4 N–H and O–H groups in total. The summed E-state index contributed by atoms with van der Waals surface area (Å²) in [5, 5.41) is 12.5. The second-order valence-corrected chi connectivity index (χ2v) is 10.8. The Labute approximate surface area is 199 Å². The molecule has 0 bridgehead atoms. The summed E-state index contributed by atoms with van der Waals surface area (Å²) < 4.78 is 4.54. The molecule has 0 spiro atoms. The van der Waals surface area contributed by atoms with E-state index in [4.69, 9.17) is 10.5 Å². The number of carbonyl (C=O) groups excluding carboxylic acids is 3. The van der Waals surface area contributed by atoms with Crippen molar-refractivity contribution in [1.82, 2.24) is 10.2 Å². The summed E-state index contributed by atoms with van der Waals surface area (Å²) in [6.07, 6.45) is -1.19. The second-order valence-electron chi connectivity index (χ2n) is 9.05. The molecule has 3 aliphatic heterocycles. The van der Waals surface area contributed by atoms with Gasteiger partial charge >= 0.3 is 11.9 Å². The standard InChI is InChI=1S/C24H23N3O6S/c1-23(2)24(22(31)32,17-13-10-6-7-11-14(13)21(30)33-17)27-19(29)16(20(27)34-23)26-18(28)15(25)12-8-4-3-5-9-12/h3-11,15-17,20H,25H2,1-2H3,(H,26,28)(H,31,32)/t15?,16-,17?,20-,24+/m1/s1. The van der Waals surface area contributed by atoms with Crippen LogP contribution in [0.5, 0.6) is 0 Å². The number of nitrogens with one attached hydrogen (secondary N) is 1. The van der Waals surface area contributed by atoms with E-state index in [1.54, 1.807) is 68.4 Å². The molecule has 0 radical (unpaired) electrons. The van der Waals surface area contributed by atoms with Gasteiger partial charge in [0.1, 0.15) is 17.5 Å². The van der Waals surface area contributed by atoms with E-state index in [2.05, 4.69) is 5.32 Å². The summed E-state index contributed by atoms with van der Waals surface area (Å²) in [6, 6.07) is 13.4. The summed E-state index contributed by atoms with van der Waals surface area (Å²) in [7, 11) is 0. The van der Waals surface area contributed by atoms with Crippen molar-refractivity contribution in [2.24, 2.45) is 5.73 Å². The lowest BCUT2D eigenvalue weighted by Gasteiger charge is -2.51. The van der Waals surface area contributed by atoms with E-state index < -0.39 is 57.6 Å². The van der Waals surface area contributed by atoms with Gasteiger partial charge in [-0.2, -0.15) is 0 Å². The molecule has 34 heavy (non-hydrogen) atoms. The number of carboxylic acids is 1. The molecule has 5 rings (SSSR count). The number of thioether (sulfide) groups is 1. The number of carboxylic acid groups (broad SMARTS) is 1. The minimum Gasteiger partial charge on any atom is -0.479 e. The van der Waals surface area contributed by atoms with Crippen molar-refractivity contribution >= 4 is 35.5 Å². The van der Waals surface area contributed by atoms with Gasteiger partial charge in [0.25, 0.3) is 0 Å². The number of aliphatic carboxylic acids is 1. The molecule has 2 aromatic rings. The lowest BCUT2D eigenvalue weighted by Crippen LogP contribution is -2.77. The van der Waals surface area contributed by atoms with Crippen LogP contribution in [0.15, 0.2) is 54.6 Å². The largest absolute Gasteiger partial charge is 0.479 e. The van der Waals surface area contributed by atoms with Gasteiger partial charge in [-0.05, 0) is 25.5 Å². The fraction of sp³-hybridized carbons (Fsp3) is 0.333. The first kappa shape index (κ1) is 22.4. The minimum atomic E-state index is -1.86. The maximum Gasteiger partial charge on any atom is 0.339 e. The zero-order valence-corrected chi connectivity index (χ0v) is 19.2. The van der Waals surface area contributed by atoms with Crippen molar-refractivity contribution in [1.29, 1.82) is 0 Å². The summed E-state index contributed by atoms with van der Waals surface area (Å²) in [5.41, 5.74) is 5.52. The Morgan fingerprint density at radius 2 is 1.76 bits per heavy atom. The molecule has 0 saturated carbocycles. The first-order valence-corrected chi connectivity index (χ1v) is 11.6. The van der Waals surface area contributed by atoms with Crippen molar-refractivity contribution in [3.8, 4) is 0 Å². The zero-order chi connectivity index (χ0) is 24.4. The van der Waals surface area contributed by atoms with Gasteiger partial charge in [0, 0.05) is 5.56 Å². The predicted molar refractivity (Wildman–Crippen MR) is 123 cm³/mol. The first-order chi connectivity index (χ1) is 16.1. The summed E-state index contributed by atoms with van der Waals surface area (Å²) in [4.78, 5) is 52.8. The van der Waals surface area contributed by atoms with Crippen LogP contribution < -0.4 is 11.1 Å². The minimum absolute atomic E-state index is 0.282. The van der Waals surface area contributed by atoms with Crippen LogP contribution in [0.4, 0.5) is 0 Å². The maximum atomic E-state index is 13.3. The Morgan fingerprint density at radius 3 is 2.44 bits per heavy atom. The Balaban J connectivity index is 1.47. The number of cyclic esters (lactones) is 1. The number of esters is 1. The molecule has 0 aliphatic carbocycles. The van der Waals surface area contributed by atoms with Crippen LogP contribution in [-0.2, 0) is 19.1 Å². The van der Waals surface area contributed by atoms with Gasteiger partial charge in [-0.3, -0.25) is 9.59 Å². The fourth-order valence-electron chi connectivity index (χ4n) is 5.20. The number of rotatable bonds is 5. The predicted octanol–water partition coefficient (Wildman–Crippen LogP) is 1.60. The monoisotopic (exact) mass is 481 g/mol. The summed E-state index contributed by atoms with van der Waals surface area (Å²) in [5.74, 6) is -2.99. The van der Waals surface area contributed by atoms with Gasteiger partial charge in [0.05, 0.1) is 10.3 Å². The highest BCUT2D eigenvalue weighted by atomic mass is 32.2. The molecule has 176 valence electrons. The number of β-lactam (4-membered cyclic amide) rings is 1. The van der Waals surface area contributed by atoms with E-state index in [-0.39, 0.29) is 5.56 Å². The van der Waals surface area contributed by atoms with Crippen LogP contribution in [0.1, 0.15) is 47.5 Å². The maximum absolute atomic E-state index is 13.3.